The molecular formula is C9H18O3. The number of rotatable bonds is 7. The molecule has 0 saturated heterocycles. The zero-order valence-electron chi connectivity index (χ0n) is 7.57. The highest BCUT2D eigenvalue weighted by atomic mass is 16.5. The van der Waals surface area contributed by atoms with Crippen LogP contribution in [0.3, 0.4) is 0 Å². The first kappa shape index (κ1) is 11.6. The summed E-state index contributed by atoms with van der Waals surface area (Å²) in [4.78, 5) is 0. The molecule has 2 N–H and O–H groups in total. The van der Waals surface area contributed by atoms with Crippen molar-refractivity contribution in [2.45, 2.75) is 19.4 Å². The van der Waals surface area contributed by atoms with Crippen LogP contribution in [0.25, 0.3) is 0 Å². The third-order valence-corrected chi connectivity index (χ3v) is 1.77. The minimum Gasteiger partial charge on any atom is -0.396 e. The Balaban J connectivity index is 3.41. The quantitative estimate of drug-likeness (QED) is 0.438. The Morgan fingerprint density at radius 2 is 2.25 bits per heavy atom. The maximum absolute atomic E-state index is 9.41. The van der Waals surface area contributed by atoms with Crippen molar-refractivity contribution >= 4 is 0 Å². The second-order valence-electron chi connectivity index (χ2n) is 2.88. The molecule has 0 saturated carbocycles. The monoisotopic (exact) mass is 174 g/mol. The number of aliphatic hydroxyl groups excluding tert-OH is 2. The van der Waals surface area contributed by atoms with E-state index in [-0.39, 0.29) is 12.5 Å². The van der Waals surface area contributed by atoms with Crippen molar-refractivity contribution in [2.75, 3.05) is 19.8 Å². The molecule has 0 aliphatic rings. The molecule has 2 atom stereocenters. The summed E-state index contributed by atoms with van der Waals surface area (Å²) in [5.74, 6) is 0.0832. The highest BCUT2D eigenvalue weighted by Crippen LogP contribution is 2.07. The molecule has 0 amide bonds. The average Bonchev–Trinajstić information content (AvgIpc) is 2.05. The van der Waals surface area contributed by atoms with Gasteiger partial charge in [0.05, 0.1) is 19.3 Å². The van der Waals surface area contributed by atoms with E-state index in [1.807, 2.05) is 6.92 Å². The van der Waals surface area contributed by atoms with Crippen molar-refractivity contribution in [1.29, 1.82) is 0 Å². The minimum absolute atomic E-state index is 0.0832. The van der Waals surface area contributed by atoms with E-state index in [1.54, 1.807) is 6.08 Å². The van der Waals surface area contributed by atoms with Crippen molar-refractivity contribution in [2.24, 2.45) is 5.92 Å². The summed E-state index contributed by atoms with van der Waals surface area (Å²) in [6, 6.07) is 0. The molecule has 0 rings (SSSR count). The van der Waals surface area contributed by atoms with Crippen LogP contribution in [0.5, 0.6) is 0 Å². The molecule has 0 fully saturated rings. The van der Waals surface area contributed by atoms with Gasteiger partial charge in [0.2, 0.25) is 0 Å². The Labute approximate surface area is 73.7 Å². The first-order chi connectivity index (χ1) is 5.72. The van der Waals surface area contributed by atoms with Gasteiger partial charge in [0, 0.05) is 6.61 Å². The fourth-order valence-corrected chi connectivity index (χ4v) is 0.832. The number of hydrogen-bond donors (Lipinski definition) is 2. The van der Waals surface area contributed by atoms with Crippen LogP contribution < -0.4 is 0 Å². The van der Waals surface area contributed by atoms with Crippen LogP contribution in [0.15, 0.2) is 12.7 Å². The third-order valence-electron chi connectivity index (χ3n) is 1.77. The minimum atomic E-state index is -0.489. The van der Waals surface area contributed by atoms with Crippen molar-refractivity contribution in [1.82, 2.24) is 0 Å². The molecule has 0 aromatic carbocycles. The average molecular weight is 174 g/mol. The SMILES string of the molecule is C=CCOCC(O)C(C)CCO. The molecule has 12 heavy (non-hydrogen) atoms. The molecule has 2 unspecified atom stereocenters. The van der Waals surface area contributed by atoms with E-state index >= 15 is 0 Å². The largest absolute Gasteiger partial charge is 0.396 e. The second kappa shape index (κ2) is 7.28. The highest BCUT2D eigenvalue weighted by Gasteiger charge is 2.12. The van der Waals surface area contributed by atoms with E-state index < -0.39 is 6.10 Å². The van der Waals surface area contributed by atoms with Gasteiger partial charge in [-0.2, -0.15) is 0 Å². The van der Waals surface area contributed by atoms with E-state index in [0.29, 0.717) is 19.6 Å². The lowest BCUT2D eigenvalue weighted by molar-refractivity contribution is 0.0124. The Morgan fingerprint density at radius 3 is 2.75 bits per heavy atom. The van der Waals surface area contributed by atoms with Gasteiger partial charge in [-0.1, -0.05) is 13.0 Å². The standard InChI is InChI=1S/C9H18O3/c1-3-6-12-7-9(11)8(2)4-5-10/h3,8-11H,1,4-7H2,2H3. The van der Waals surface area contributed by atoms with Crippen LogP contribution in [0, 0.1) is 5.92 Å². The van der Waals surface area contributed by atoms with E-state index in [2.05, 4.69) is 6.58 Å². The summed E-state index contributed by atoms with van der Waals surface area (Å²) in [7, 11) is 0. The molecule has 0 aliphatic carbocycles. The maximum Gasteiger partial charge on any atom is 0.0800 e. The lowest BCUT2D eigenvalue weighted by atomic mass is 10.0. The molecule has 0 aromatic heterocycles. The van der Waals surface area contributed by atoms with Gasteiger partial charge in [-0.15, -0.1) is 6.58 Å². The summed E-state index contributed by atoms with van der Waals surface area (Å²) in [6.07, 6.45) is 1.76. The van der Waals surface area contributed by atoms with Crippen LogP contribution >= 0.6 is 0 Å². The molecule has 0 aromatic rings. The molecule has 0 radical (unpaired) electrons. The predicted molar refractivity (Wildman–Crippen MR) is 47.9 cm³/mol. The van der Waals surface area contributed by atoms with Crippen LogP contribution in [0.2, 0.25) is 0 Å². The molecule has 3 nitrogen and oxygen atoms in total. The van der Waals surface area contributed by atoms with Gasteiger partial charge in [0.15, 0.2) is 0 Å². The Morgan fingerprint density at radius 1 is 1.58 bits per heavy atom. The first-order valence-corrected chi connectivity index (χ1v) is 4.20. The van der Waals surface area contributed by atoms with Gasteiger partial charge >= 0.3 is 0 Å². The van der Waals surface area contributed by atoms with Crippen molar-refractivity contribution in [3.63, 3.8) is 0 Å². The summed E-state index contributed by atoms with van der Waals surface area (Å²) in [6.45, 7) is 6.26. The zero-order valence-corrected chi connectivity index (χ0v) is 7.57. The molecule has 72 valence electrons. The van der Waals surface area contributed by atoms with Crippen LogP contribution in [-0.2, 0) is 4.74 Å². The number of aliphatic hydroxyl groups is 2. The molecule has 3 heteroatoms. The smallest absolute Gasteiger partial charge is 0.0800 e. The van der Waals surface area contributed by atoms with E-state index in [0.717, 1.165) is 0 Å². The second-order valence-corrected chi connectivity index (χ2v) is 2.88. The van der Waals surface area contributed by atoms with Crippen molar-refractivity contribution < 1.29 is 14.9 Å². The summed E-state index contributed by atoms with van der Waals surface area (Å²) >= 11 is 0. The molecule has 0 heterocycles. The van der Waals surface area contributed by atoms with Gasteiger partial charge in [-0.3, -0.25) is 0 Å². The van der Waals surface area contributed by atoms with Gasteiger partial charge in [0.25, 0.3) is 0 Å². The first-order valence-electron chi connectivity index (χ1n) is 4.20. The number of hydrogen-bond acceptors (Lipinski definition) is 3. The van der Waals surface area contributed by atoms with Crippen molar-refractivity contribution in [3.8, 4) is 0 Å². The summed E-state index contributed by atoms with van der Waals surface area (Å²) < 4.78 is 5.06. The van der Waals surface area contributed by atoms with Crippen LogP contribution in [0.4, 0.5) is 0 Å². The highest BCUT2D eigenvalue weighted by molar-refractivity contribution is 4.67. The fourth-order valence-electron chi connectivity index (χ4n) is 0.832. The van der Waals surface area contributed by atoms with Gasteiger partial charge in [0.1, 0.15) is 0 Å². The summed E-state index contributed by atoms with van der Waals surface area (Å²) in [5.41, 5.74) is 0. The van der Waals surface area contributed by atoms with Crippen molar-refractivity contribution in [3.05, 3.63) is 12.7 Å². The molecular weight excluding hydrogens is 156 g/mol. The fraction of sp³-hybridized carbons (Fsp3) is 0.778. The Bertz CT molecular complexity index is 114. The third kappa shape index (κ3) is 5.29. The topological polar surface area (TPSA) is 49.7 Å². The van der Waals surface area contributed by atoms with E-state index in [4.69, 9.17) is 9.84 Å². The van der Waals surface area contributed by atoms with Gasteiger partial charge in [-0.05, 0) is 12.3 Å². The Kier molecular flexibility index (Phi) is 7.05. The van der Waals surface area contributed by atoms with E-state index in [1.165, 1.54) is 0 Å². The van der Waals surface area contributed by atoms with Crippen LogP contribution in [-0.4, -0.2) is 36.1 Å². The predicted octanol–water partition coefficient (Wildman–Crippen LogP) is 0.568. The summed E-state index contributed by atoms with van der Waals surface area (Å²) in [5, 5.41) is 18.0. The van der Waals surface area contributed by atoms with Crippen LogP contribution in [0.1, 0.15) is 13.3 Å². The maximum atomic E-state index is 9.41. The molecule has 0 spiro atoms. The van der Waals surface area contributed by atoms with E-state index in [9.17, 15) is 5.11 Å². The normalized spacial score (nSPS) is 15.6. The van der Waals surface area contributed by atoms with Gasteiger partial charge in [-0.25, -0.2) is 0 Å². The Hall–Kier alpha value is -0.380. The number of ether oxygens (including phenoxy) is 1. The zero-order chi connectivity index (χ0) is 9.40. The molecule has 0 bridgehead atoms. The lowest BCUT2D eigenvalue weighted by Crippen LogP contribution is -2.24. The van der Waals surface area contributed by atoms with Gasteiger partial charge < -0.3 is 14.9 Å². The molecule has 0 aliphatic heterocycles. The lowest BCUT2D eigenvalue weighted by Gasteiger charge is -2.17.